The third-order valence-electron chi connectivity index (χ3n) is 2.29. The Morgan fingerprint density at radius 3 is 2.83 bits per heavy atom. The van der Waals surface area contributed by atoms with E-state index in [4.69, 9.17) is 0 Å². The van der Waals surface area contributed by atoms with E-state index >= 15 is 0 Å². The Kier molecular flexibility index (Phi) is 4.25. The number of aromatic nitrogens is 2. The van der Waals surface area contributed by atoms with E-state index in [1.165, 1.54) is 0 Å². The first kappa shape index (κ1) is 12.5. The van der Waals surface area contributed by atoms with Gasteiger partial charge in [-0.05, 0) is 41.4 Å². The molecule has 0 aliphatic carbocycles. The summed E-state index contributed by atoms with van der Waals surface area (Å²) >= 11 is 1.61. The monoisotopic (exact) mass is 262 g/mol. The van der Waals surface area contributed by atoms with Gasteiger partial charge in [-0.15, -0.1) is 10.2 Å². The van der Waals surface area contributed by atoms with Gasteiger partial charge in [0, 0.05) is 13.1 Å². The molecule has 94 valence electrons. The number of rotatable bonds is 5. The van der Waals surface area contributed by atoms with Crippen LogP contribution in [0.2, 0.25) is 0 Å². The lowest BCUT2D eigenvalue weighted by Gasteiger charge is -2.04. The average Bonchev–Trinajstić information content (AvgIpc) is 2.90. The van der Waals surface area contributed by atoms with Gasteiger partial charge >= 0.3 is 0 Å². The number of carbonyl (C=O) groups excluding carboxylic acids is 1. The van der Waals surface area contributed by atoms with Crippen molar-refractivity contribution in [2.75, 3.05) is 11.9 Å². The minimum atomic E-state index is -0.211. The van der Waals surface area contributed by atoms with Crippen LogP contribution in [0.1, 0.15) is 23.0 Å². The van der Waals surface area contributed by atoms with Crippen molar-refractivity contribution in [2.24, 2.45) is 0 Å². The fourth-order valence-electron chi connectivity index (χ4n) is 1.39. The van der Waals surface area contributed by atoms with E-state index in [2.05, 4.69) is 20.8 Å². The molecule has 0 fully saturated rings. The largest absolute Gasteiger partial charge is 0.369 e. The molecule has 18 heavy (non-hydrogen) atoms. The lowest BCUT2D eigenvalue weighted by atomic mass is 10.3. The minimum Gasteiger partial charge on any atom is -0.369 e. The molecule has 0 saturated carbocycles. The average molecular weight is 262 g/mol. The number of anilines is 1. The highest BCUT2D eigenvalue weighted by Gasteiger charge is 2.07. The van der Waals surface area contributed by atoms with Gasteiger partial charge in [0.2, 0.25) is 0 Å². The van der Waals surface area contributed by atoms with Gasteiger partial charge in [-0.3, -0.25) is 4.79 Å². The van der Waals surface area contributed by atoms with Gasteiger partial charge in [0.05, 0.1) is 0 Å². The van der Waals surface area contributed by atoms with E-state index in [1.807, 2.05) is 23.8 Å². The normalized spacial score (nSPS) is 10.1. The first-order chi connectivity index (χ1) is 8.79. The van der Waals surface area contributed by atoms with Crippen LogP contribution in [0.3, 0.4) is 0 Å². The Hall–Kier alpha value is -1.95. The fraction of sp³-hybridized carbons (Fsp3) is 0.250. The highest BCUT2D eigenvalue weighted by molar-refractivity contribution is 7.07. The van der Waals surface area contributed by atoms with Crippen LogP contribution in [0.25, 0.3) is 0 Å². The molecular formula is C12H14N4OS. The molecule has 0 radical (unpaired) electrons. The van der Waals surface area contributed by atoms with E-state index in [0.29, 0.717) is 18.1 Å². The van der Waals surface area contributed by atoms with Crippen LogP contribution in [0.4, 0.5) is 5.82 Å². The maximum atomic E-state index is 11.8. The molecular weight excluding hydrogens is 248 g/mol. The SMILES string of the molecule is CCNc1ccc(C(=O)NCc2ccsc2)nn1. The van der Waals surface area contributed by atoms with Crippen molar-refractivity contribution in [2.45, 2.75) is 13.5 Å². The summed E-state index contributed by atoms with van der Waals surface area (Å²) < 4.78 is 0. The summed E-state index contributed by atoms with van der Waals surface area (Å²) in [4.78, 5) is 11.8. The maximum absolute atomic E-state index is 11.8. The Bertz CT molecular complexity index is 495. The quantitative estimate of drug-likeness (QED) is 0.863. The zero-order valence-electron chi connectivity index (χ0n) is 10.0. The molecule has 0 spiro atoms. The highest BCUT2D eigenvalue weighted by Crippen LogP contribution is 2.06. The Labute approximate surface area is 109 Å². The number of amides is 1. The van der Waals surface area contributed by atoms with Crippen molar-refractivity contribution in [1.82, 2.24) is 15.5 Å². The van der Waals surface area contributed by atoms with E-state index in [-0.39, 0.29) is 5.91 Å². The predicted molar refractivity (Wildman–Crippen MR) is 71.7 cm³/mol. The molecule has 2 N–H and O–H groups in total. The Morgan fingerprint density at radius 2 is 2.22 bits per heavy atom. The van der Waals surface area contributed by atoms with E-state index in [9.17, 15) is 4.79 Å². The van der Waals surface area contributed by atoms with Crippen LogP contribution in [-0.4, -0.2) is 22.6 Å². The second-order valence-corrected chi connectivity index (χ2v) is 4.43. The molecule has 6 heteroatoms. The summed E-state index contributed by atoms with van der Waals surface area (Å²) in [7, 11) is 0. The summed E-state index contributed by atoms with van der Waals surface area (Å²) in [6.07, 6.45) is 0. The van der Waals surface area contributed by atoms with Crippen molar-refractivity contribution >= 4 is 23.1 Å². The number of nitrogens with one attached hydrogen (secondary N) is 2. The molecule has 0 bridgehead atoms. The third-order valence-corrected chi connectivity index (χ3v) is 3.02. The van der Waals surface area contributed by atoms with Crippen LogP contribution in [0, 0.1) is 0 Å². The standard InChI is InChI=1S/C12H14N4OS/c1-2-13-11-4-3-10(15-16-11)12(17)14-7-9-5-6-18-8-9/h3-6,8H,2,7H2,1H3,(H,13,16)(H,14,17). The van der Waals surface area contributed by atoms with Gasteiger partial charge in [-0.1, -0.05) is 0 Å². The van der Waals surface area contributed by atoms with Crippen molar-refractivity contribution in [3.63, 3.8) is 0 Å². The zero-order valence-corrected chi connectivity index (χ0v) is 10.8. The number of hydrogen-bond donors (Lipinski definition) is 2. The van der Waals surface area contributed by atoms with Crippen LogP contribution in [0.15, 0.2) is 29.0 Å². The number of hydrogen-bond acceptors (Lipinski definition) is 5. The summed E-state index contributed by atoms with van der Waals surface area (Å²) in [5.74, 6) is 0.462. The van der Waals surface area contributed by atoms with Crippen LogP contribution in [-0.2, 0) is 6.54 Å². The van der Waals surface area contributed by atoms with Crippen LogP contribution in [0.5, 0.6) is 0 Å². The fourth-order valence-corrected chi connectivity index (χ4v) is 2.06. The van der Waals surface area contributed by atoms with Gasteiger partial charge in [0.25, 0.3) is 5.91 Å². The van der Waals surface area contributed by atoms with Gasteiger partial charge in [-0.2, -0.15) is 11.3 Å². The van der Waals surface area contributed by atoms with Crippen molar-refractivity contribution in [3.05, 3.63) is 40.2 Å². The van der Waals surface area contributed by atoms with Crippen molar-refractivity contribution < 1.29 is 4.79 Å². The molecule has 0 aromatic carbocycles. The van der Waals surface area contributed by atoms with E-state index in [1.54, 1.807) is 23.5 Å². The molecule has 0 aliphatic rings. The third kappa shape index (κ3) is 3.27. The number of thiophene rings is 1. The van der Waals surface area contributed by atoms with E-state index < -0.39 is 0 Å². The molecule has 2 rings (SSSR count). The van der Waals surface area contributed by atoms with Crippen molar-refractivity contribution in [3.8, 4) is 0 Å². The minimum absolute atomic E-state index is 0.211. The molecule has 5 nitrogen and oxygen atoms in total. The molecule has 0 aliphatic heterocycles. The Morgan fingerprint density at radius 1 is 1.33 bits per heavy atom. The predicted octanol–water partition coefficient (Wildman–Crippen LogP) is 1.90. The maximum Gasteiger partial charge on any atom is 0.272 e. The topological polar surface area (TPSA) is 66.9 Å². The Balaban J connectivity index is 1.92. The first-order valence-electron chi connectivity index (χ1n) is 5.66. The van der Waals surface area contributed by atoms with Gasteiger partial charge < -0.3 is 10.6 Å². The molecule has 1 amide bonds. The van der Waals surface area contributed by atoms with Crippen LogP contribution < -0.4 is 10.6 Å². The summed E-state index contributed by atoms with van der Waals surface area (Å²) in [5, 5.41) is 17.6. The molecule has 2 aromatic rings. The lowest BCUT2D eigenvalue weighted by molar-refractivity contribution is 0.0945. The smallest absolute Gasteiger partial charge is 0.272 e. The zero-order chi connectivity index (χ0) is 12.8. The highest BCUT2D eigenvalue weighted by atomic mass is 32.1. The van der Waals surface area contributed by atoms with Gasteiger partial charge in [-0.25, -0.2) is 0 Å². The first-order valence-corrected chi connectivity index (χ1v) is 6.60. The molecule has 0 atom stereocenters. The van der Waals surface area contributed by atoms with Gasteiger partial charge in [0.15, 0.2) is 5.69 Å². The lowest BCUT2D eigenvalue weighted by Crippen LogP contribution is -2.24. The number of nitrogens with zero attached hydrogens (tertiary/aromatic N) is 2. The van der Waals surface area contributed by atoms with Crippen molar-refractivity contribution in [1.29, 1.82) is 0 Å². The second-order valence-electron chi connectivity index (χ2n) is 3.65. The molecule has 0 saturated heterocycles. The summed E-state index contributed by atoms with van der Waals surface area (Å²) in [6, 6.07) is 5.38. The summed E-state index contributed by atoms with van der Waals surface area (Å²) in [6.45, 7) is 3.26. The van der Waals surface area contributed by atoms with E-state index in [0.717, 1.165) is 12.1 Å². The number of carbonyl (C=O) groups is 1. The summed E-state index contributed by atoms with van der Waals surface area (Å²) in [5.41, 5.74) is 1.41. The molecule has 2 aromatic heterocycles. The molecule has 0 unspecified atom stereocenters. The second kappa shape index (κ2) is 6.11. The van der Waals surface area contributed by atoms with Crippen LogP contribution >= 0.6 is 11.3 Å². The molecule has 2 heterocycles. The van der Waals surface area contributed by atoms with Gasteiger partial charge in [0.1, 0.15) is 5.82 Å².